The van der Waals surface area contributed by atoms with E-state index in [1.165, 1.54) is 21.4 Å². The lowest BCUT2D eigenvalue weighted by Gasteiger charge is -2.31. The van der Waals surface area contributed by atoms with Gasteiger partial charge >= 0.3 is 0 Å². The molecule has 0 bridgehead atoms. The zero-order valence-corrected chi connectivity index (χ0v) is 18.5. The van der Waals surface area contributed by atoms with Gasteiger partial charge in [0.1, 0.15) is 0 Å². The van der Waals surface area contributed by atoms with Gasteiger partial charge < -0.3 is 10.2 Å². The van der Waals surface area contributed by atoms with Crippen LogP contribution in [0, 0.1) is 26.7 Å². The molecule has 1 N–H and O–H groups in total. The minimum Gasteiger partial charge on any atom is -0.348 e. The lowest BCUT2D eigenvalue weighted by atomic mass is 9.95. The van der Waals surface area contributed by atoms with Gasteiger partial charge in [0.25, 0.3) is 0 Å². The van der Waals surface area contributed by atoms with Gasteiger partial charge in [0, 0.05) is 24.7 Å². The van der Waals surface area contributed by atoms with Crippen LogP contribution in [0.15, 0.2) is 30.3 Å². The fourth-order valence-electron chi connectivity index (χ4n) is 4.25. The largest absolute Gasteiger partial charge is 0.348 e. The molecule has 0 atom stereocenters. The molecule has 0 saturated carbocycles. The first-order valence-corrected chi connectivity index (χ1v) is 11.3. The van der Waals surface area contributed by atoms with E-state index in [1.54, 1.807) is 11.3 Å². The van der Waals surface area contributed by atoms with E-state index in [9.17, 15) is 4.79 Å². The molecule has 2 aromatic carbocycles. The molecule has 0 spiro atoms. The van der Waals surface area contributed by atoms with Crippen LogP contribution >= 0.6 is 11.3 Å². The molecule has 5 heteroatoms. The summed E-state index contributed by atoms with van der Waals surface area (Å²) in [6.07, 6.45) is 2.66. The van der Waals surface area contributed by atoms with Gasteiger partial charge in [0.15, 0.2) is 5.13 Å². The molecule has 152 valence electrons. The maximum absolute atomic E-state index is 12.9. The summed E-state index contributed by atoms with van der Waals surface area (Å²) < 4.78 is 1.25. The molecule has 4 rings (SSSR count). The van der Waals surface area contributed by atoms with E-state index < -0.39 is 0 Å². The zero-order valence-electron chi connectivity index (χ0n) is 17.7. The number of nitrogens with zero attached hydrogens (tertiary/aromatic N) is 2. The molecule has 1 amide bonds. The number of hydrogen-bond acceptors (Lipinski definition) is 4. The van der Waals surface area contributed by atoms with Gasteiger partial charge in [-0.3, -0.25) is 4.79 Å². The monoisotopic (exact) mass is 407 g/mol. The number of para-hydroxylation sites is 1. The Labute approximate surface area is 177 Å². The lowest BCUT2D eigenvalue weighted by Crippen LogP contribution is -2.38. The van der Waals surface area contributed by atoms with Crippen LogP contribution in [0.5, 0.6) is 0 Å². The Morgan fingerprint density at radius 2 is 1.93 bits per heavy atom. The van der Waals surface area contributed by atoms with Crippen molar-refractivity contribution in [1.82, 2.24) is 4.98 Å². The van der Waals surface area contributed by atoms with Gasteiger partial charge in [0.05, 0.1) is 10.2 Å². The van der Waals surface area contributed by atoms with Crippen LogP contribution in [-0.2, 0) is 11.2 Å². The van der Waals surface area contributed by atoms with E-state index >= 15 is 0 Å². The Bertz CT molecular complexity index is 1050. The molecule has 1 aliphatic rings. The number of benzene rings is 2. The Kier molecular flexibility index (Phi) is 5.59. The van der Waals surface area contributed by atoms with Crippen LogP contribution in [0.25, 0.3) is 10.2 Å². The fraction of sp³-hybridized carbons (Fsp3) is 0.417. The molecule has 1 aliphatic heterocycles. The smallest absolute Gasteiger partial charge is 0.227 e. The highest BCUT2D eigenvalue weighted by Crippen LogP contribution is 2.34. The summed E-state index contributed by atoms with van der Waals surface area (Å²) in [5, 5.41) is 4.30. The molecule has 2 heterocycles. The van der Waals surface area contributed by atoms with Crippen molar-refractivity contribution >= 4 is 38.3 Å². The molecule has 0 radical (unpaired) electrons. The van der Waals surface area contributed by atoms with E-state index in [2.05, 4.69) is 68.2 Å². The number of aryl methyl sites for hydroxylation is 4. The van der Waals surface area contributed by atoms with E-state index in [4.69, 9.17) is 4.98 Å². The van der Waals surface area contributed by atoms with Crippen LogP contribution in [0.3, 0.4) is 0 Å². The zero-order chi connectivity index (χ0) is 20.5. The Morgan fingerprint density at radius 1 is 1.17 bits per heavy atom. The molecular weight excluding hydrogens is 378 g/mol. The summed E-state index contributed by atoms with van der Waals surface area (Å²) in [6.45, 7) is 10.2. The number of carbonyl (C=O) groups is 1. The SMILES string of the molecule is CCc1cccc(C)c1NC(=O)C1CCN(c2nc3c(C)cc(C)cc3s2)CC1. The van der Waals surface area contributed by atoms with E-state index in [0.717, 1.165) is 54.3 Å². The molecule has 0 unspecified atom stereocenters. The van der Waals surface area contributed by atoms with Gasteiger partial charge in [-0.05, 0) is 68.4 Å². The minimum atomic E-state index is 0.0638. The van der Waals surface area contributed by atoms with Crippen molar-refractivity contribution in [2.24, 2.45) is 5.92 Å². The van der Waals surface area contributed by atoms with Crippen molar-refractivity contribution in [3.63, 3.8) is 0 Å². The van der Waals surface area contributed by atoms with Crippen LogP contribution in [0.1, 0.15) is 42.0 Å². The number of piperidine rings is 1. The van der Waals surface area contributed by atoms with E-state index in [1.807, 2.05) is 0 Å². The highest BCUT2D eigenvalue weighted by atomic mass is 32.1. The van der Waals surface area contributed by atoms with Crippen molar-refractivity contribution in [3.05, 3.63) is 52.6 Å². The van der Waals surface area contributed by atoms with Crippen molar-refractivity contribution in [3.8, 4) is 0 Å². The highest BCUT2D eigenvalue weighted by molar-refractivity contribution is 7.22. The van der Waals surface area contributed by atoms with Gasteiger partial charge in [-0.15, -0.1) is 0 Å². The van der Waals surface area contributed by atoms with Gasteiger partial charge in [-0.25, -0.2) is 4.98 Å². The third-order valence-electron chi connectivity index (χ3n) is 5.94. The number of amides is 1. The number of thiazole rings is 1. The fourth-order valence-corrected chi connectivity index (χ4v) is 5.45. The maximum Gasteiger partial charge on any atom is 0.227 e. The van der Waals surface area contributed by atoms with E-state index in [-0.39, 0.29) is 11.8 Å². The molecule has 1 fully saturated rings. The number of carbonyl (C=O) groups excluding carboxylic acids is 1. The first-order valence-electron chi connectivity index (χ1n) is 10.5. The highest BCUT2D eigenvalue weighted by Gasteiger charge is 2.27. The first-order chi connectivity index (χ1) is 14.0. The summed E-state index contributed by atoms with van der Waals surface area (Å²) in [5.74, 6) is 0.221. The molecule has 1 aromatic heterocycles. The summed E-state index contributed by atoms with van der Waals surface area (Å²) >= 11 is 1.77. The molecule has 3 aromatic rings. The van der Waals surface area contributed by atoms with Crippen molar-refractivity contribution < 1.29 is 4.79 Å². The van der Waals surface area contributed by atoms with Crippen LogP contribution in [0.4, 0.5) is 10.8 Å². The average molecular weight is 408 g/mol. The van der Waals surface area contributed by atoms with Crippen molar-refractivity contribution in [2.75, 3.05) is 23.3 Å². The molecule has 29 heavy (non-hydrogen) atoms. The Balaban J connectivity index is 1.43. The minimum absolute atomic E-state index is 0.0638. The maximum atomic E-state index is 12.9. The number of nitrogens with one attached hydrogen (secondary N) is 1. The topological polar surface area (TPSA) is 45.2 Å². The number of anilines is 2. The molecule has 4 nitrogen and oxygen atoms in total. The second-order valence-corrected chi connectivity index (χ2v) is 9.15. The number of fused-ring (bicyclic) bond motifs is 1. The average Bonchev–Trinajstić information content (AvgIpc) is 3.14. The summed E-state index contributed by atoms with van der Waals surface area (Å²) in [5.41, 5.74) is 6.97. The van der Waals surface area contributed by atoms with Crippen LogP contribution in [-0.4, -0.2) is 24.0 Å². The summed E-state index contributed by atoms with van der Waals surface area (Å²) in [4.78, 5) is 20.1. The van der Waals surface area contributed by atoms with Gasteiger partial charge in [-0.1, -0.05) is 42.5 Å². The molecule has 0 aliphatic carbocycles. The predicted octanol–water partition coefficient (Wildman–Crippen LogP) is 5.64. The number of aromatic nitrogens is 1. The quantitative estimate of drug-likeness (QED) is 0.609. The molecular formula is C24H29N3OS. The third kappa shape index (κ3) is 4.01. The number of rotatable bonds is 4. The second kappa shape index (κ2) is 8.15. The first kappa shape index (κ1) is 19.9. The standard InChI is InChI=1S/C24H29N3OS/c1-5-18-8-6-7-16(3)21(18)25-23(28)19-9-11-27(12-10-19)24-26-22-17(4)13-15(2)14-20(22)29-24/h6-8,13-14,19H,5,9-12H2,1-4H3,(H,25,28). The Hall–Kier alpha value is -2.40. The number of hydrogen-bond donors (Lipinski definition) is 1. The van der Waals surface area contributed by atoms with Crippen molar-refractivity contribution in [2.45, 2.75) is 47.0 Å². The Morgan fingerprint density at radius 3 is 2.66 bits per heavy atom. The molecule has 1 saturated heterocycles. The third-order valence-corrected chi connectivity index (χ3v) is 7.01. The van der Waals surface area contributed by atoms with Crippen LogP contribution < -0.4 is 10.2 Å². The summed E-state index contributed by atoms with van der Waals surface area (Å²) in [7, 11) is 0. The summed E-state index contributed by atoms with van der Waals surface area (Å²) in [6, 6.07) is 10.6. The van der Waals surface area contributed by atoms with Gasteiger partial charge in [-0.2, -0.15) is 0 Å². The van der Waals surface area contributed by atoms with Gasteiger partial charge in [0.2, 0.25) is 5.91 Å². The van der Waals surface area contributed by atoms with Crippen LogP contribution in [0.2, 0.25) is 0 Å². The van der Waals surface area contributed by atoms with Crippen molar-refractivity contribution in [1.29, 1.82) is 0 Å². The lowest BCUT2D eigenvalue weighted by molar-refractivity contribution is -0.120. The van der Waals surface area contributed by atoms with E-state index in [0.29, 0.717) is 0 Å². The predicted molar refractivity (Wildman–Crippen MR) is 123 cm³/mol. The normalized spacial score (nSPS) is 15.1. The second-order valence-electron chi connectivity index (χ2n) is 8.14.